The molecule has 0 radical (unpaired) electrons. The fourth-order valence-corrected chi connectivity index (χ4v) is 1.95. The van der Waals surface area contributed by atoms with Crippen molar-refractivity contribution in [3.8, 4) is 11.3 Å². The van der Waals surface area contributed by atoms with Crippen LogP contribution in [0.1, 0.15) is 31.7 Å². The summed E-state index contributed by atoms with van der Waals surface area (Å²) >= 11 is 0. The molecule has 0 fully saturated rings. The zero-order valence-electron chi connectivity index (χ0n) is 11.4. The van der Waals surface area contributed by atoms with Crippen molar-refractivity contribution in [1.82, 2.24) is 0 Å². The minimum Gasteiger partial charge on any atom is -0.464 e. The van der Waals surface area contributed by atoms with Crippen LogP contribution in [-0.4, -0.2) is 5.91 Å². The number of rotatable bonds is 5. The predicted molar refractivity (Wildman–Crippen MR) is 77.0 cm³/mol. The molecule has 3 nitrogen and oxygen atoms in total. The number of hydrogen-bond donors (Lipinski definition) is 1. The zero-order chi connectivity index (χ0) is 13.7. The fraction of sp³-hybridized carbons (Fsp3) is 0.312. The molecular weight excluding hydrogens is 238 g/mol. The van der Waals surface area contributed by atoms with Crippen LogP contribution in [-0.2, 0) is 4.79 Å². The molecule has 0 aliphatic rings. The van der Waals surface area contributed by atoms with Gasteiger partial charge in [0.2, 0.25) is 5.91 Å². The Morgan fingerprint density at radius 1 is 1.32 bits per heavy atom. The second kappa shape index (κ2) is 6.23. The van der Waals surface area contributed by atoms with E-state index >= 15 is 0 Å². The van der Waals surface area contributed by atoms with Crippen LogP contribution in [0.2, 0.25) is 0 Å². The summed E-state index contributed by atoms with van der Waals surface area (Å²) in [6.07, 6.45) is 4.19. The maximum Gasteiger partial charge on any atom is 0.224 e. The van der Waals surface area contributed by atoms with E-state index in [0.717, 1.165) is 35.4 Å². The average molecular weight is 257 g/mol. The highest BCUT2D eigenvalue weighted by Crippen LogP contribution is 2.25. The summed E-state index contributed by atoms with van der Waals surface area (Å²) in [5.41, 5.74) is 2.93. The van der Waals surface area contributed by atoms with Crippen LogP contribution in [0.5, 0.6) is 0 Å². The smallest absolute Gasteiger partial charge is 0.224 e. The summed E-state index contributed by atoms with van der Waals surface area (Å²) in [5.74, 6) is 0.919. The maximum atomic E-state index is 11.7. The predicted octanol–water partition coefficient (Wildman–Crippen LogP) is 4.38. The highest BCUT2D eigenvalue weighted by Gasteiger charge is 2.07. The first-order valence-electron chi connectivity index (χ1n) is 6.65. The maximum absolute atomic E-state index is 11.7. The van der Waals surface area contributed by atoms with Crippen molar-refractivity contribution >= 4 is 11.6 Å². The number of carbonyl (C=O) groups is 1. The molecular formula is C16H19NO2. The second-order valence-electron chi connectivity index (χ2n) is 4.66. The number of unbranched alkanes of at least 4 members (excludes halogenated alkanes) is 1. The number of anilines is 1. The number of furan rings is 1. The molecule has 0 spiro atoms. The van der Waals surface area contributed by atoms with E-state index in [1.807, 2.05) is 37.3 Å². The lowest BCUT2D eigenvalue weighted by molar-refractivity contribution is -0.116. The SMILES string of the molecule is CCCCC(=O)Nc1ccc(-c2ccco2)cc1C. The average Bonchev–Trinajstić information content (AvgIpc) is 2.92. The van der Waals surface area contributed by atoms with Gasteiger partial charge in [0.25, 0.3) is 0 Å². The molecule has 1 aromatic heterocycles. The molecule has 2 aromatic rings. The highest BCUT2D eigenvalue weighted by atomic mass is 16.3. The monoisotopic (exact) mass is 257 g/mol. The van der Waals surface area contributed by atoms with Gasteiger partial charge in [-0.1, -0.05) is 13.3 Å². The molecule has 0 bridgehead atoms. The minimum atomic E-state index is 0.0794. The number of nitrogens with one attached hydrogen (secondary N) is 1. The normalized spacial score (nSPS) is 10.4. The second-order valence-corrected chi connectivity index (χ2v) is 4.66. The van der Waals surface area contributed by atoms with Gasteiger partial charge >= 0.3 is 0 Å². The molecule has 1 amide bonds. The van der Waals surface area contributed by atoms with E-state index < -0.39 is 0 Å². The third kappa shape index (κ3) is 3.47. The van der Waals surface area contributed by atoms with E-state index in [1.165, 1.54) is 0 Å². The molecule has 0 saturated carbocycles. The topological polar surface area (TPSA) is 42.2 Å². The molecule has 2 rings (SSSR count). The lowest BCUT2D eigenvalue weighted by Crippen LogP contribution is -2.11. The van der Waals surface area contributed by atoms with Crippen molar-refractivity contribution in [3.63, 3.8) is 0 Å². The Morgan fingerprint density at radius 2 is 2.16 bits per heavy atom. The molecule has 1 N–H and O–H groups in total. The standard InChI is InChI=1S/C16H19NO2/c1-3-4-7-16(18)17-14-9-8-13(11-12(14)2)15-6-5-10-19-15/h5-6,8-11H,3-4,7H2,1-2H3,(H,17,18). The van der Waals surface area contributed by atoms with Gasteiger partial charge in [-0.3, -0.25) is 4.79 Å². The van der Waals surface area contributed by atoms with Gasteiger partial charge in [-0.25, -0.2) is 0 Å². The molecule has 100 valence electrons. The van der Waals surface area contributed by atoms with Crippen molar-refractivity contribution in [1.29, 1.82) is 0 Å². The highest BCUT2D eigenvalue weighted by molar-refractivity contribution is 5.91. The summed E-state index contributed by atoms with van der Waals surface area (Å²) in [6, 6.07) is 9.70. The first-order valence-corrected chi connectivity index (χ1v) is 6.65. The molecule has 0 aliphatic carbocycles. The summed E-state index contributed by atoms with van der Waals surface area (Å²) in [6.45, 7) is 4.07. The third-order valence-corrected chi connectivity index (χ3v) is 3.06. The van der Waals surface area contributed by atoms with Crippen molar-refractivity contribution in [2.24, 2.45) is 0 Å². The Kier molecular flexibility index (Phi) is 4.39. The van der Waals surface area contributed by atoms with Gasteiger partial charge in [0.05, 0.1) is 6.26 Å². The Balaban J connectivity index is 2.09. The molecule has 0 unspecified atom stereocenters. The largest absolute Gasteiger partial charge is 0.464 e. The summed E-state index contributed by atoms with van der Waals surface area (Å²) < 4.78 is 5.36. The van der Waals surface area contributed by atoms with E-state index in [-0.39, 0.29) is 5.91 Å². The third-order valence-electron chi connectivity index (χ3n) is 3.06. The Hall–Kier alpha value is -2.03. The fourth-order valence-electron chi connectivity index (χ4n) is 1.95. The van der Waals surface area contributed by atoms with Gasteiger partial charge in [0, 0.05) is 17.7 Å². The van der Waals surface area contributed by atoms with Gasteiger partial charge in [0.1, 0.15) is 5.76 Å². The number of amides is 1. The van der Waals surface area contributed by atoms with Crippen molar-refractivity contribution in [2.75, 3.05) is 5.32 Å². The lowest BCUT2D eigenvalue weighted by Gasteiger charge is -2.09. The van der Waals surface area contributed by atoms with Crippen LogP contribution in [0.4, 0.5) is 5.69 Å². The number of benzene rings is 1. The van der Waals surface area contributed by atoms with E-state index in [4.69, 9.17) is 4.42 Å². The van der Waals surface area contributed by atoms with Gasteiger partial charge in [0.15, 0.2) is 0 Å². The number of carbonyl (C=O) groups excluding carboxylic acids is 1. The number of hydrogen-bond acceptors (Lipinski definition) is 2. The summed E-state index contributed by atoms with van der Waals surface area (Å²) in [7, 11) is 0. The molecule has 3 heteroatoms. The van der Waals surface area contributed by atoms with Crippen LogP contribution in [0.3, 0.4) is 0 Å². The Labute approximate surface area is 113 Å². The van der Waals surface area contributed by atoms with E-state index in [0.29, 0.717) is 6.42 Å². The summed E-state index contributed by atoms with van der Waals surface area (Å²) in [4.78, 5) is 11.7. The quantitative estimate of drug-likeness (QED) is 0.863. The van der Waals surface area contributed by atoms with E-state index in [9.17, 15) is 4.79 Å². The van der Waals surface area contributed by atoms with Gasteiger partial charge in [-0.05, 0) is 49.2 Å². The van der Waals surface area contributed by atoms with Gasteiger partial charge in [-0.2, -0.15) is 0 Å². The van der Waals surface area contributed by atoms with E-state index in [1.54, 1.807) is 6.26 Å². The van der Waals surface area contributed by atoms with Crippen LogP contribution in [0.25, 0.3) is 11.3 Å². The molecule has 0 atom stereocenters. The lowest BCUT2D eigenvalue weighted by atomic mass is 10.1. The van der Waals surface area contributed by atoms with Crippen LogP contribution >= 0.6 is 0 Å². The first-order chi connectivity index (χ1) is 9.20. The first kappa shape index (κ1) is 13.4. The van der Waals surface area contributed by atoms with Crippen molar-refractivity contribution < 1.29 is 9.21 Å². The van der Waals surface area contributed by atoms with Gasteiger partial charge < -0.3 is 9.73 Å². The van der Waals surface area contributed by atoms with Crippen molar-refractivity contribution in [2.45, 2.75) is 33.1 Å². The molecule has 1 heterocycles. The minimum absolute atomic E-state index is 0.0794. The molecule has 0 aliphatic heterocycles. The van der Waals surface area contributed by atoms with Crippen molar-refractivity contribution in [3.05, 3.63) is 42.2 Å². The van der Waals surface area contributed by atoms with Crippen LogP contribution in [0.15, 0.2) is 41.0 Å². The van der Waals surface area contributed by atoms with Gasteiger partial charge in [-0.15, -0.1) is 0 Å². The van der Waals surface area contributed by atoms with Crippen LogP contribution < -0.4 is 5.32 Å². The zero-order valence-corrected chi connectivity index (χ0v) is 11.4. The van der Waals surface area contributed by atoms with E-state index in [2.05, 4.69) is 12.2 Å². The Morgan fingerprint density at radius 3 is 2.79 bits per heavy atom. The number of aryl methyl sites for hydroxylation is 1. The molecule has 1 aromatic carbocycles. The summed E-state index contributed by atoms with van der Waals surface area (Å²) in [5, 5.41) is 2.95. The Bertz CT molecular complexity index is 544. The molecule has 19 heavy (non-hydrogen) atoms. The molecule has 0 saturated heterocycles. The van der Waals surface area contributed by atoms with Crippen LogP contribution in [0, 0.1) is 6.92 Å².